The third kappa shape index (κ3) is 3.91. The van der Waals surface area contributed by atoms with Crippen molar-refractivity contribution in [2.75, 3.05) is 0 Å². The van der Waals surface area contributed by atoms with Gasteiger partial charge in [0.1, 0.15) is 0 Å². The SMILES string of the molecule is Cl.O=C(NC1CC2CCC(C1)N2)c1ccc(CN2C(=O)CCC2=O)cc1. The molecule has 3 saturated heterocycles. The highest BCUT2D eigenvalue weighted by Crippen LogP contribution is 2.27. The first-order valence-corrected chi connectivity index (χ1v) is 9.07. The Kier molecular flexibility index (Phi) is 5.63. The molecule has 7 heteroatoms. The standard InChI is InChI=1S/C19H23N3O3.ClH/c23-17-7-8-18(24)22(17)11-12-1-3-13(4-2-12)19(25)21-16-9-14-5-6-15(10-16)20-14;/h1-4,14-16,20H,5-11H2,(H,21,25);1H. The number of amides is 3. The van der Waals surface area contributed by atoms with Crippen LogP contribution in [0.15, 0.2) is 24.3 Å². The molecular weight excluding hydrogens is 354 g/mol. The Labute approximate surface area is 159 Å². The number of carbonyl (C=O) groups is 3. The van der Waals surface area contributed by atoms with Crippen molar-refractivity contribution in [3.8, 4) is 0 Å². The molecule has 2 bridgehead atoms. The smallest absolute Gasteiger partial charge is 0.251 e. The van der Waals surface area contributed by atoms with Gasteiger partial charge in [0.15, 0.2) is 0 Å². The van der Waals surface area contributed by atoms with E-state index in [1.165, 1.54) is 17.7 Å². The fourth-order valence-corrected chi connectivity index (χ4v) is 4.19. The van der Waals surface area contributed by atoms with Gasteiger partial charge in [0, 0.05) is 36.5 Å². The summed E-state index contributed by atoms with van der Waals surface area (Å²) < 4.78 is 0. The van der Waals surface area contributed by atoms with Gasteiger partial charge in [-0.3, -0.25) is 19.3 Å². The highest BCUT2D eigenvalue weighted by molar-refractivity contribution is 6.01. The minimum Gasteiger partial charge on any atom is -0.349 e. The van der Waals surface area contributed by atoms with Crippen LogP contribution in [-0.4, -0.2) is 40.7 Å². The van der Waals surface area contributed by atoms with Crippen LogP contribution in [0.1, 0.15) is 54.4 Å². The summed E-state index contributed by atoms with van der Waals surface area (Å²) in [5, 5.41) is 6.72. The molecular formula is C19H24ClN3O3. The number of hydrogen-bond donors (Lipinski definition) is 2. The van der Waals surface area contributed by atoms with Crippen LogP contribution in [-0.2, 0) is 16.1 Å². The quantitative estimate of drug-likeness (QED) is 0.784. The van der Waals surface area contributed by atoms with Gasteiger partial charge >= 0.3 is 0 Å². The molecule has 1 aromatic carbocycles. The number of fused-ring (bicyclic) bond motifs is 2. The number of halogens is 1. The number of nitrogens with zero attached hydrogens (tertiary/aromatic N) is 1. The highest BCUT2D eigenvalue weighted by atomic mass is 35.5. The molecule has 3 aliphatic heterocycles. The number of hydrogen-bond acceptors (Lipinski definition) is 4. The number of likely N-dealkylation sites (tertiary alicyclic amines) is 1. The second-order valence-electron chi connectivity index (χ2n) is 7.35. The fraction of sp³-hybridized carbons (Fsp3) is 0.526. The Bertz CT molecular complexity index is 678. The van der Waals surface area contributed by atoms with Gasteiger partial charge < -0.3 is 10.6 Å². The van der Waals surface area contributed by atoms with E-state index in [9.17, 15) is 14.4 Å². The van der Waals surface area contributed by atoms with Crippen molar-refractivity contribution in [3.05, 3.63) is 35.4 Å². The van der Waals surface area contributed by atoms with E-state index in [-0.39, 0.29) is 42.7 Å². The Hall–Kier alpha value is -1.92. The third-order valence-electron chi connectivity index (χ3n) is 5.52. The molecule has 3 fully saturated rings. The summed E-state index contributed by atoms with van der Waals surface area (Å²) in [5.41, 5.74) is 1.48. The van der Waals surface area contributed by atoms with Crippen LogP contribution in [0, 0.1) is 0 Å². The Morgan fingerprint density at radius 3 is 2.19 bits per heavy atom. The van der Waals surface area contributed by atoms with Gasteiger partial charge in [-0.25, -0.2) is 0 Å². The van der Waals surface area contributed by atoms with Crippen LogP contribution in [0.5, 0.6) is 0 Å². The van der Waals surface area contributed by atoms with Gasteiger partial charge in [-0.05, 0) is 43.4 Å². The van der Waals surface area contributed by atoms with Gasteiger partial charge in [-0.1, -0.05) is 12.1 Å². The number of piperidine rings is 1. The second kappa shape index (κ2) is 7.76. The van der Waals surface area contributed by atoms with Crippen LogP contribution in [0.4, 0.5) is 0 Å². The molecule has 2 atom stereocenters. The summed E-state index contributed by atoms with van der Waals surface area (Å²) >= 11 is 0. The number of benzene rings is 1. The van der Waals surface area contributed by atoms with Gasteiger partial charge in [-0.15, -0.1) is 12.4 Å². The van der Waals surface area contributed by atoms with Crippen molar-refractivity contribution in [3.63, 3.8) is 0 Å². The van der Waals surface area contributed by atoms with Crippen molar-refractivity contribution in [1.82, 2.24) is 15.5 Å². The van der Waals surface area contributed by atoms with Crippen LogP contribution in [0.2, 0.25) is 0 Å². The topological polar surface area (TPSA) is 78.5 Å². The Morgan fingerprint density at radius 1 is 1.04 bits per heavy atom. The molecule has 3 heterocycles. The van der Waals surface area contributed by atoms with Crippen molar-refractivity contribution < 1.29 is 14.4 Å². The van der Waals surface area contributed by atoms with Crippen LogP contribution < -0.4 is 10.6 Å². The first-order chi connectivity index (χ1) is 12.1. The largest absolute Gasteiger partial charge is 0.349 e. The summed E-state index contributed by atoms with van der Waals surface area (Å²) in [4.78, 5) is 37.1. The maximum absolute atomic E-state index is 12.5. The van der Waals surface area contributed by atoms with E-state index >= 15 is 0 Å². The van der Waals surface area contributed by atoms with Crippen molar-refractivity contribution in [2.24, 2.45) is 0 Å². The summed E-state index contributed by atoms with van der Waals surface area (Å²) in [7, 11) is 0. The fourth-order valence-electron chi connectivity index (χ4n) is 4.19. The molecule has 1 aromatic rings. The van der Waals surface area contributed by atoms with Gasteiger partial charge in [0.05, 0.1) is 6.54 Å². The van der Waals surface area contributed by atoms with E-state index in [1.54, 1.807) is 12.1 Å². The second-order valence-corrected chi connectivity index (χ2v) is 7.35. The maximum Gasteiger partial charge on any atom is 0.251 e. The molecule has 0 spiro atoms. The average Bonchev–Trinajstić information content (AvgIpc) is 3.11. The normalized spacial score (nSPS) is 27.4. The van der Waals surface area contributed by atoms with Gasteiger partial charge in [0.2, 0.25) is 11.8 Å². The van der Waals surface area contributed by atoms with Crippen LogP contribution in [0.25, 0.3) is 0 Å². The van der Waals surface area contributed by atoms with E-state index in [4.69, 9.17) is 0 Å². The Balaban J connectivity index is 0.00000196. The van der Waals surface area contributed by atoms with E-state index in [0.29, 0.717) is 30.5 Å². The Morgan fingerprint density at radius 2 is 1.62 bits per heavy atom. The zero-order valence-electron chi connectivity index (χ0n) is 14.6. The third-order valence-corrected chi connectivity index (χ3v) is 5.52. The number of carbonyl (C=O) groups excluding carboxylic acids is 3. The van der Waals surface area contributed by atoms with Crippen molar-refractivity contribution >= 4 is 30.1 Å². The predicted molar refractivity (Wildman–Crippen MR) is 98.9 cm³/mol. The molecule has 140 valence electrons. The zero-order chi connectivity index (χ0) is 17.4. The minimum absolute atomic E-state index is 0. The first-order valence-electron chi connectivity index (χ1n) is 9.07. The van der Waals surface area contributed by atoms with Crippen LogP contribution in [0.3, 0.4) is 0 Å². The first kappa shape index (κ1) is 18.9. The molecule has 2 unspecified atom stereocenters. The lowest BCUT2D eigenvalue weighted by atomic mass is 9.99. The van der Waals surface area contributed by atoms with E-state index < -0.39 is 0 Å². The van der Waals surface area contributed by atoms with E-state index in [0.717, 1.165) is 18.4 Å². The average molecular weight is 378 g/mol. The van der Waals surface area contributed by atoms with E-state index in [2.05, 4.69) is 10.6 Å². The lowest BCUT2D eigenvalue weighted by Crippen LogP contribution is -2.48. The number of rotatable bonds is 4. The molecule has 0 aromatic heterocycles. The predicted octanol–water partition coefficient (Wildman–Crippen LogP) is 1.77. The molecule has 2 N–H and O–H groups in total. The minimum atomic E-state index is -0.118. The molecule has 0 aliphatic carbocycles. The summed E-state index contributed by atoms with van der Waals surface area (Å²) in [6.07, 6.45) is 5.02. The van der Waals surface area contributed by atoms with Gasteiger partial charge in [0.25, 0.3) is 5.91 Å². The molecule has 3 aliphatic rings. The zero-order valence-corrected chi connectivity index (χ0v) is 15.4. The monoisotopic (exact) mass is 377 g/mol. The molecule has 3 amide bonds. The molecule has 4 rings (SSSR count). The van der Waals surface area contributed by atoms with E-state index in [1.807, 2.05) is 12.1 Å². The summed E-state index contributed by atoms with van der Waals surface area (Å²) in [6, 6.07) is 8.51. The van der Waals surface area contributed by atoms with Crippen molar-refractivity contribution in [1.29, 1.82) is 0 Å². The van der Waals surface area contributed by atoms with Gasteiger partial charge in [-0.2, -0.15) is 0 Å². The number of imide groups is 1. The summed E-state index contributed by atoms with van der Waals surface area (Å²) in [6.45, 7) is 0.289. The lowest BCUT2D eigenvalue weighted by molar-refractivity contribution is -0.139. The molecule has 0 radical (unpaired) electrons. The molecule has 26 heavy (non-hydrogen) atoms. The molecule has 0 saturated carbocycles. The van der Waals surface area contributed by atoms with Crippen molar-refractivity contribution in [2.45, 2.75) is 63.2 Å². The maximum atomic E-state index is 12.5. The molecule has 6 nitrogen and oxygen atoms in total. The summed E-state index contributed by atoms with van der Waals surface area (Å²) in [5.74, 6) is -0.286. The number of nitrogens with one attached hydrogen (secondary N) is 2. The lowest BCUT2D eigenvalue weighted by Gasteiger charge is -2.29. The highest BCUT2D eigenvalue weighted by Gasteiger charge is 2.34. The van der Waals surface area contributed by atoms with Crippen LogP contribution >= 0.6 is 12.4 Å².